The van der Waals surface area contributed by atoms with Crippen LogP contribution < -0.4 is 4.74 Å². The maximum absolute atomic E-state index is 11.0. The smallest absolute Gasteiger partial charge is 0.312 e. The van der Waals surface area contributed by atoms with Gasteiger partial charge >= 0.3 is 5.97 Å². The molecule has 1 aromatic carbocycles. The first-order valence-corrected chi connectivity index (χ1v) is 6.01. The summed E-state index contributed by atoms with van der Waals surface area (Å²) in [6.45, 7) is 5.15. The fourth-order valence-electron chi connectivity index (χ4n) is 1.43. The number of aliphatic hydroxyl groups excluding tert-OH is 1. The van der Waals surface area contributed by atoms with Gasteiger partial charge in [-0.05, 0) is 26.3 Å². The summed E-state index contributed by atoms with van der Waals surface area (Å²) in [6, 6.07) is 7.15. The molecule has 0 saturated heterocycles. The van der Waals surface area contributed by atoms with Crippen LogP contribution in [0.5, 0.6) is 5.75 Å². The van der Waals surface area contributed by atoms with E-state index >= 15 is 0 Å². The number of carboxylic acids is 1. The molecule has 18 heavy (non-hydrogen) atoms. The molecule has 0 spiro atoms. The van der Waals surface area contributed by atoms with Gasteiger partial charge in [-0.2, -0.15) is 0 Å². The van der Waals surface area contributed by atoms with Crippen molar-refractivity contribution in [2.24, 2.45) is 5.41 Å². The van der Waals surface area contributed by atoms with Gasteiger partial charge in [-0.25, -0.2) is 0 Å². The fourth-order valence-corrected chi connectivity index (χ4v) is 1.43. The molecule has 0 aliphatic carbocycles. The lowest BCUT2D eigenvalue weighted by molar-refractivity contribution is -0.148. The summed E-state index contributed by atoms with van der Waals surface area (Å²) in [5.74, 6) is -0.364. The summed E-state index contributed by atoms with van der Waals surface area (Å²) in [6.07, 6.45) is -0.00275. The number of aliphatic hydroxyl groups is 1. The summed E-state index contributed by atoms with van der Waals surface area (Å²) in [5.41, 5.74) is -0.259. The van der Waals surface area contributed by atoms with Crippen molar-refractivity contribution in [1.82, 2.24) is 0 Å². The lowest BCUT2D eigenvalue weighted by atomic mass is 9.95. The Bertz CT molecular complexity index is 412. The van der Waals surface area contributed by atoms with Crippen LogP contribution in [-0.2, 0) is 4.79 Å². The van der Waals surface area contributed by atoms with E-state index in [0.29, 0.717) is 17.7 Å². The Labute approximate surface area is 107 Å². The standard InChI is InChI=1S/C14H20O4/c1-4-11(15)10-7-5-6-8-12(10)18-9-14(2,3)13(16)17/h5-8,11,15H,4,9H2,1-3H3,(H,16,17)/t11-/m1/s1. The third-order valence-electron chi connectivity index (χ3n) is 2.83. The minimum absolute atomic E-state index is 0.0653. The first-order valence-electron chi connectivity index (χ1n) is 6.01. The highest BCUT2D eigenvalue weighted by atomic mass is 16.5. The minimum Gasteiger partial charge on any atom is -0.492 e. The Morgan fingerprint density at radius 2 is 2.00 bits per heavy atom. The van der Waals surface area contributed by atoms with E-state index in [9.17, 15) is 9.90 Å². The molecule has 0 aliphatic heterocycles. The molecule has 0 bridgehead atoms. The molecule has 0 amide bonds. The van der Waals surface area contributed by atoms with Crippen molar-refractivity contribution in [3.63, 3.8) is 0 Å². The van der Waals surface area contributed by atoms with E-state index in [1.165, 1.54) is 0 Å². The van der Waals surface area contributed by atoms with Gasteiger partial charge in [0.15, 0.2) is 0 Å². The normalized spacial score (nSPS) is 13.1. The summed E-state index contributed by atoms with van der Waals surface area (Å²) in [7, 11) is 0. The summed E-state index contributed by atoms with van der Waals surface area (Å²) < 4.78 is 5.55. The van der Waals surface area contributed by atoms with Crippen LogP contribution in [0.3, 0.4) is 0 Å². The Hall–Kier alpha value is -1.55. The lowest BCUT2D eigenvalue weighted by Gasteiger charge is -2.21. The number of hydrogen-bond donors (Lipinski definition) is 2. The minimum atomic E-state index is -0.954. The number of carboxylic acid groups (broad SMARTS) is 1. The highest BCUT2D eigenvalue weighted by Gasteiger charge is 2.28. The van der Waals surface area contributed by atoms with Crippen molar-refractivity contribution < 1.29 is 19.7 Å². The number of carbonyl (C=O) groups is 1. The third kappa shape index (κ3) is 3.47. The van der Waals surface area contributed by atoms with Crippen molar-refractivity contribution in [2.45, 2.75) is 33.3 Å². The maximum atomic E-state index is 11.0. The Balaban J connectivity index is 2.82. The monoisotopic (exact) mass is 252 g/mol. The zero-order valence-corrected chi connectivity index (χ0v) is 11.0. The molecule has 4 nitrogen and oxygen atoms in total. The summed E-state index contributed by atoms with van der Waals surface area (Å²) in [5, 5.41) is 18.9. The largest absolute Gasteiger partial charge is 0.492 e. The molecule has 1 rings (SSSR count). The fraction of sp³-hybridized carbons (Fsp3) is 0.500. The molecular weight excluding hydrogens is 232 g/mol. The maximum Gasteiger partial charge on any atom is 0.312 e. The molecule has 4 heteroatoms. The van der Waals surface area contributed by atoms with Crippen LogP contribution in [0.25, 0.3) is 0 Å². The predicted octanol–water partition coefficient (Wildman–Crippen LogP) is 2.62. The van der Waals surface area contributed by atoms with Crippen LogP contribution >= 0.6 is 0 Å². The van der Waals surface area contributed by atoms with E-state index in [1.807, 2.05) is 13.0 Å². The zero-order valence-electron chi connectivity index (χ0n) is 11.0. The molecule has 0 unspecified atom stereocenters. The van der Waals surface area contributed by atoms with E-state index in [2.05, 4.69) is 0 Å². The molecule has 0 saturated carbocycles. The van der Waals surface area contributed by atoms with Crippen molar-refractivity contribution in [2.75, 3.05) is 6.61 Å². The van der Waals surface area contributed by atoms with Gasteiger partial charge in [0.2, 0.25) is 0 Å². The van der Waals surface area contributed by atoms with Crippen molar-refractivity contribution in [1.29, 1.82) is 0 Å². The molecule has 1 aromatic rings. The van der Waals surface area contributed by atoms with Crippen LogP contribution in [-0.4, -0.2) is 22.8 Å². The molecule has 0 heterocycles. The van der Waals surface area contributed by atoms with Crippen molar-refractivity contribution in [3.05, 3.63) is 29.8 Å². The highest BCUT2D eigenvalue weighted by Crippen LogP contribution is 2.28. The number of hydrogen-bond acceptors (Lipinski definition) is 3. The quantitative estimate of drug-likeness (QED) is 0.816. The van der Waals surface area contributed by atoms with Gasteiger partial charge in [-0.3, -0.25) is 4.79 Å². The van der Waals surface area contributed by atoms with E-state index in [-0.39, 0.29) is 6.61 Å². The topological polar surface area (TPSA) is 66.8 Å². The van der Waals surface area contributed by atoms with Crippen LogP contribution in [0.1, 0.15) is 38.9 Å². The number of para-hydroxylation sites is 1. The highest BCUT2D eigenvalue weighted by molar-refractivity contribution is 5.73. The molecular formula is C14H20O4. The van der Waals surface area contributed by atoms with E-state index in [4.69, 9.17) is 9.84 Å². The number of benzene rings is 1. The van der Waals surface area contributed by atoms with Gasteiger partial charge in [-0.1, -0.05) is 25.1 Å². The molecule has 100 valence electrons. The second kappa shape index (κ2) is 5.87. The predicted molar refractivity (Wildman–Crippen MR) is 68.6 cm³/mol. The molecule has 0 radical (unpaired) electrons. The van der Waals surface area contributed by atoms with Crippen LogP contribution in [0.4, 0.5) is 0 Å². The van der Waals surface area contributed by atoms with Crippen LogP contribution in [0.2, 0.25) is 0 Å². The number of ether oxygens (including phenoxy) is 1. The van der Waals surface area contributed by atoms with Gasteiger partial charge in [0.1, 0.15) is 12.4 Å². The molecule has 0 fully saturated rings. The summed E-state index contributed by atoms with van der Waals surface area (Å²) >= 11 is 0. The van der Waals surface area contributed by atoms with Gasteiger partial charge in [-0.15, -0.1) is 0 Å². The van der Waals surface area contributed by atoms with Gasteiger partial charge in [0, 0.05) is 5.56 Å². The Morgan fingerprint density at radius 1 is 1.39 bits per heavy atom. The Kier molecular flexibility index (Phi) is 4.73. The lowest BCUT2D eigenvalue weighted by Crippen LogP contribution is -2.30. The van der Waals surface area contributed by atoms with Gasteiger partial charge < -0.3 is 14.9 Å². The molecule has 1 atom stereocenters. The first-order chi connectivity index (χ1) is 8.38. The summed E-state index contributed by atoms with van der Waals surface area (Å²) in [4.78, 5) is 11.0. The van der Waals surface area contributed by atoms with Crippen molar-refractivity contribution in [3.8, 4) is 5.75 Å². The van der Waals surface area contributed by atoms with Crippen LogP contribution in [0.15, 0.2) is 24.3 Å². The second-order valence-electron chi connectivity index (χ2n) is 4.94. The van der Waals surface area contributed by atoms with E-state index < -0.39 is 17.5 Å². The average molecular weight is 252 g/mol. The third-order valence-corrected chi connectivity index (χ3v) is 2.83. The second-order valence-corrected chi connectivity index (χ2v) is 4.94. The SMILES string of the molecule is CC[C@@H](O)c1ccccc1OCC(C)(C)C(=O)O. The first kappa shape index (κ1) is 14.5. The average Bonchev–Trinajstić information content (AvgIpc) is 2.35. The molecule has 0 aromatic heterocycles. The number of rotatable bonds is 6. The number of aliphatic carboxylic acids is 1. The molecule has 0 aliphatic rings. The van der Waals surface area contributed by atoms with Crippen LogP contribution in [0, 0.1) is 5.41 Å². The van der Waals surface area contributed by atoms with E-state index in [0.717, 1.165) is 0 Å². The molecule has 2 N–H and O–H groups in total. The van der Waals surface area contributed by atoms with Gasteiger partial charge in [0.25, 0.3) is 0 Å². The Morgan fingerprint density at radius 3 is 2.56 bits per heavy atom. The zero-order chi connectivity index (χ0) is 13.8. The van der Waals surface area contributed by atoms with E-state index in [1.54, 1.807) is 32.0 Å². The van der Waals surface area contributed by atoms with Crippen molar-refractivity contribution >= 4 is 5.97 Å². The van der Waals surface area contributed by atoms with Gasteiger partial charge in [0.05, 0.1) is 11.5 Å².